The Morgan fingerprint density at radius 1 is 1.56 bits per heavy atom. The molecular formula is C10H10N2O3S. The number of aliphatic hydroxyl groups is 1. The summed E-state index contributed by atoms with van der Waals surface area (Å²) in [6, 6.07) is 0. The average molecular weight is 238 g/mol. The molecule has 5 nitrogen and oxygen atoms in total. The van der Waals surface area contributed by atoms with Crippen molar-refractivity contribution in [1.29, 1.82) is 0 Å². The van der Waals surface area contributed by atoms with Gasteiger partial charge in [0.05, 0.1) is 16.7 Å². The zero-order chi connectivity index (χ0) is 11.9. The van der Waals surface area contributed by atoms with Gasteiger partial charge in [-0.2, -0.15) is 0 Å². The van der Waals surface area contributed by atoms with Gasteiger partial charge < -0.3 is 10.2 Å². The maximum atomic E-state index is 11.0. The van der Waals surface area contributed by atoms with Crippen LogP contribution in [0.25, 0.3) is 10.3 Å². The fourth-order valence-electron chi connectivity index (χ4n) is 1.59. The van der Waals surface area contributed by atoms with Crippen molar-refractivity contribution in [3.05, 3.63) is 22.3 Å². The van der Waals surface area contributed by atoms with Crippen molar-refractivity contribution in [1.82, 2.24) is 9.97 Å². The molecule has 1 unspecified atom stereocenters. The minimum Gasteiger partial charge on any atom is -0.478 e. The third-order valence-corrected chi connectivity index (χ3v) is 3.10. The van der Waals surface area contributed by atoms with E-state index in [1.54, 1.807) is 0 Å². The first kappa shape index (κ1) is 11.0. The molecule has 2 N–H and O–H groups in total. The van der Waals surface area contributed by atoms with Crippen LogP contribution in [0, 0.1) is 6.92 Å². The standard InChI is InChI=1S/C10H10N2O3S/c1-4(13)7-6(10(14)15)3-11-9-8(7)12-5(2)16-9/h3-4,13H,1-2H3,(H,14,15). The summed E-state index contributed by atoms with van der Waals surface area (Å²) < 4.78 is 0. The average Bonchev–Trinajstić information content (AvgIpc) is 2.55. The van der Waals surface area contributed by atoms with Gasteiger partial charge in [-0.1, -0.05) is 11.3 Å². The Bertz CT molecular complexity index is 562. The van der Waals surface area contributed by atoms with Crippen LogP contribution in [0.1, 0.15) is 34.0 Å². The number of aromatic nitrogens is 2. The third-order valence-electron chi connectivity index (χ3n) is 2.22. The Morgan fingerprint density at radius 2 is 2.25 bits per heavy atom. The van der Waals surface area contributed by atoms with Crippen molar-refractivity contribution in [2.75, 3.05) is 0 Å². The highest BCUT2D eigenvalue weighted by Gasteiger charge is 2.20. The van der Waals surface area contributed by atoms with Crippen molar-refractivity contribution in [3.8, 4) is 0 Å². The smallest absolute Gasteiger partial charge is 0.337 e. The van der Waals surface area contributed by atoms with E-state index < -0.39 is 12.1 Å². The first-order valence-corrected chi connectivity index (χ1v) is 5.49. The summed E-state index contributed by atoms with van der Waals surface area (Å²) in [4.78, 5) is 19.9. The van der Waals surface area contributed by atoms with E-state index in [-0.39, 0.29) is 5.56 Å². The molecule has 2 rings (SSSR count). The minimum absolute atomic E-state index is 0.00722. The topological polar surface area (TPSA) is 83.3 Å². The van der Waals surface area contributed by atoms with E-state index in [1.807, 2.05) is 6.92 Å². The lowest BCUT2D eigenvalue weighted by Gasteiger charge is -2.08. The highest BCUT2D eigenvalue weighted by atomic mass is 32.1. The normalized spacial score (nSPS) is 12.9. The van der Waals surface area contributed by atoms with Crippen molar-refractivity contribution in [2.24, 2.45) is 0 Å². The first-order valence-electron chi connectivity index (χ1n) is 4.68. The number of pyridine rings is 1. The van der Waals surface area contributed by atoms with E-state index in [2.05, 4.69) is 9.97 Å². The molecule has 6 heteroatoms. The number of aryl methyl sites for hydroxylation is 1. The first-order chi connectivity index (χ1) is 7.50. The Balaban J connectivity index is 2.83. The van der Waals surface area contributed by atoms with Gasteiger partial charge in [-0.3, -0.25) is 0 Å². The van der Waals surface area contributed by atoms with Crippen molar-refractivity contribution >= 4 is 27.7 Å². The zero-order valence-electron chi connectivity index (χ0n) is 8.76. The second-order valence-electron chi connectivity index (χ2n) is 3.45. The molecule has 0 aliphatic heterocycles. The number of carboxylic acid groups (broad SMARTS) is 1. The molecule has 2 aromatic rings. The molecule has 0 aliphatic carbocycles. The molecule has 16 heavy (non-hydrogen) atoms. The van der Waals surface area contributed by atoms with Crippen LogP contribution in [-0.2, 0) is 0 Å². The van der Waals surface area contributed by atoms with Gasteiger partial charge >= 0.3 is 5.97 Å². The van der Waals surface area contributed by atoms with Gasteiger partial charge in [0, 0.05) is 11.8 Å². The summed E-state index contributed by atoms with van der Waals surface area (Å²) in [7, 11) is 0. The molecule has 0 saturated carbocycles. The molecule has 0 bridgehead atoms. The molecule has 0 spiro atoms. The van der Waals surface area contributed by atoms with Crippen LogP contribution >= 0.6 is 11.3 Å². The summed E-state index contributed by atoms with van der Waals surface area (Å²) >= 11 is 1.38. The summed E-state index contributed by atoms with van der Waals surface area (Å²) in [5.74, 6) is -1.10. The molecular weight excluding hydrogens is 228 g/mol. The van der Waals surface area contributed by atoms with Crippen LogP contribution in [0.4, 0.5) is 0 Å². The molecule has 0 aliphatic rings. The molecule has 2 aromatic heterocycles. The zero-order valence-corrected chi connectivity index (χ0v) is 9.58. The lowest BCUT2D eigenvalue weighted by atomic mass is 10.1. The van der Waals surface area contributed by atoms with Crippen LogP contribution in [0.2, 0.25) is 0 Å². The summed E-state index contributed by atoms with van der Waals surface area (Å²) in [5.41, 5.74) is 0.826. The third kappa shape index (κ3) is 1.66. The van der Waals surface area contributed by atoms with Gasteiger partial charge in [0.2, 0.25) is 0 Å². The van der Waals surface area contributed by atoms with Crippen LogP contribution in [-0.4, -0.2) is 26.2 Å². The minimum atomic E-state index is -1.10. The maximum absolute atomic E-state index is 11.0. The Labute approximate surface area is 95.4 Å². The van der Waals surface area contributed by atoms with Crippen LogP contribution in [0.15, 0.2) is 6.20 Å². The Kier molecular flexibility index (Phi) is 2.61. The number of carbonyl (C=O) groups is 1. The fraction of sp³-hybridized carbons (Fsp3) is 0.300. The number of carboxylic acids is 1. The summed E-state index contributed by atoms with van der Waals surface area (Å²) in [6.07, 6.45) is 0.391. The molecule has 2 heterocycles. The Hall–Kier alpha value is -1.53. The molecule has 0 saturated heterocycles. The van der Waals surface area contributed by atoms with E-state index in [0.717, 1.165) is 5.01 Å². The predicted octanol–water partition coefficient (Wildman–Crippen LogP) is 1.75. The van der Waals surface area contributed by atoms with Crippen LogP contribution in [0.5, 0.6) is 0 Å². The SMILES string of the molecule is Cc1nc2c(C(C)O)c(C(=O)O)cnc2s1. The van der Waals surface area contributed by atoms with Gasteiger partial charge in [-0.25, -0.2) is 14.8 Å². The predicted molar refractivity (Wildman–Crippen MR) is 59.7 cm³/mol. The molecule has 0 amide bonds. The van der Waals surface area contributed by atoms with Crippen molar-refractivity contribution in [2.45, 2.75) is 20.0 Å². The van der Waals surface area contributed by atoms with Gasteiger partial charge in [0.1, 0.15) is 10.3 Å². The maximum Gasteiger partial charge on any atom is 0.337 e. The number of rotatable bonds is 2. The van der Waals surface area contributed by atoms with Crippen LogP contribution in [0.3, 0.4) is 0 Å². The number of hydrogen-bond acceptors (Lipinski definition) is 5. The second-order valence-corrected chi connectivity index (χ2v) is 4.63. The van der Waals surface area contributed by atoms with Crippen molar-refractivity contribution < 1.29 is 15.0 Å². The lowest BCUT2D eigenvalue weighted by Crippen LogP contribution is -2.06. The molecule has 1 atom stereocenters. The molecule has 0 radical (unpaired) electrons. The van der Waals surface area contributed by atoms with E-state index in [4.69, 9.17) is 5.11 Å². The van der Waals surface area contributed by atoms with Gasteiger partial charge in [-0.15, -0.1) is 0 Å². The number of thiazole rings is 1. The largest absolute Gasteiger partial charge is 0.478 e. The van der Waals surface area contributed by atoms with E-state index in [1.165, 1.54) is 24.5 Å². The highest BCUT2D eigenvalue weighted by Crippen LogP contribution is 2.29. The number of aliphatic hydroxyl groups excluding tert-OH is 1. The second kappa shape index (κ2) is 3.80. The summed E-state index contributed by atoms with van der Waals surface area (Å²) in [5, 5.41) is 19.4. The Morgan fingerprint density at radius 3 is 2.81 bits per heavy atom. The van der Waals surface area contributed by atoms with Gasteiger partial charge in [-0.05, 0) is 13.8 Å². The molecule has 84 valence electrons. The van der Waals surface area contributed by atoms with E-state index in [9.17, 15) is 9.90 Å². The van der Waals surface area contributed by atoms with Crippen LogP contribution < -0.4 is 0 Å². The van der Waals surface area contributed by atoms with E-state index >= 15 is 0 Å². The van der Waals surface area contributed by atoms with Gasteiger partial charge in [0.15, 0.2) is 0 Å². The molecule has 0 aromatic carbocycles. The number of aromatic carboxylic acids is 1. The monoisotopic (exact) mass is 238 g/mol. The van der Waals surface area contributed by atoms with E-state index in [0.29, 0.717) is 15.9 Å². The lowest BCUT2D eigenvalue weighted by molar-refractivity contribution is 0.0690. The van der Waals surface area contributed by atoms with Gasteiger partial charge in [0.25, 0.3) is 0 Å². The number of fused-ring (bicyclic) bond motifs is 1. The number of nitrogens with zero attached hydrogens (tertiary/aromatic N) is 2. The summed E-state index contributed by atoms with van der Waals surface area (Å²) in [6.45, 7) is 3.34. The fourth-order valence-corrected chi connectivity index (χ4v) is 2.37. The van der Waals surface area contributed by atoms with Crippen molar-refractivity contribution in [3.63, 3.8) is 0 Å². The highest BCUT2D eigenvalue weighted by molar-refractivity contribution is 7.18. The molecule has 0 fully saturated rings. The number of hydrogen-bond donors (Lipinski definition) is 2. The quantitative estimate of drug-likeness (QED) is 0.832.